The zero-order chi connectivity index (χ0) is 21.4. The van der Waals surface area contributed by atoms with E-state index in [9.17, 15) is 10.1 Å². The highest BCUT2D eigenvalue weighted by atomic mass is 16.2. The number of aromatic nitrogens is 4. The van der Waals surface area contributed by atoms with Gasteiger partial charge in [-0.2, -0.15) is 10.4 Å². The summed E-state index contributed by atoms with van der Waals surface area (Å²) in [5.74, 6) is 0.285. The fraction of sp³-hybridized carbons (Fsp3) is 0.250. The Kier molecular flexibility index (Phi) is 4.75. The Morgan fingerprint density at radius 1 is 1.26 bits per heavy atom. The van der Waals surface area contributed by atoms with Crippen LogP contribution in [0.1, 0.15) is 29.3 Å². The number of benzene rings is 1. The van der Waals surface area contributed by atoms with Gasteiger partial charge in [0.2, 0.25) is 0 Å². The van der Waals surface area contributed by atoms with Crippen LogP contribution < -0.4 is 0 Å². The largest absolute Gasteiger partial charge is 0.346 e. The maximum atomic E-state index is 13.1. The van der Waals surface area contributed by atoms with Gasteiger partial charge in [0.15, 0.2) is 0 Å². The number of carbonyl (C=O) groups excluding carboxylic acids is 1. The minimum absolute atomic E-state index is 0.0593. The predicted octanol–water partition coefficient (Wildman–Crippen LogP) is 3.85. The second-order valence-corrected chi connectivity index (χ2v) is 8.12. The summed E-state index contributed by atoms with van der Waals surface area (Å²) in [6, 6.07) is 15.4. The van der Waals surface area contributed by atoms with E-state index in [0.29, 0.717) is 23.6 Å². The number of amides is 1. The van der Waals surface area contributed by atoms with Crippen LogP contribution in [0, 0.1) is 17.2 Å². The van der Waals surface area contributed by atoms with E-state index < -0.39 is 0 Å². The summed E-state index contributed by atoms with van der Waals surface area (Å²) in [5, 5.41) is 16.2. The van der Waals surface area contributed by atoms with Gasteiger partial charge in [-0.3, -0.25) is 9.89 Å². The number of pyridine rings is 1. The number of nitrogens with one attached hydrogen (secondary N) is 1. The van der Waals surface area contributed by atoms with Crippen LogP contribution in [0.2, 0.25) is 0 Å². The lowest BCUT2D eigenvalue weighted by atomic mass is 10.1. The molecule has 1 aliphatic rings. The predicted molar refractivity (Wildman–Crippen MR) is 117 cm³/mol. The summed E-state index contributed by atoms with van der Waals surface area (Å²) in [6.07, 6.45) is 6.60. The molecule has 0 aliphatic carbocycles. The Morgan fingerprint density at radius 3 is 2.94 bits per heavy atom. The quantitative estimate of drug-likeness (QED) is 0.553. The van der Waals surface area contributed by atoms with Crippen molar-refractivity contribution in [3.05, 3.63) is 72.2 Å². The molecule has 1 aromatic carbocycles. The molecule has 0 spiro atoms. The molecule has 2 atom stereocenters. The van der Waals surface area contributed by atoms with Crippen LogP contribution in [0.25, 0.3) is 22.3 Å². The first-order valence-corrected chi connectivity index (χ1v) is 10.4. The number of H-pyrrole nitrogens is 1. The van der Waals surface area contributed by atoms with Crippen molar-refractivity contribution >= 4 is 16.9 Å². The molecular weight excluding hydrogens is 388 g/mol. The number of hydrogen-bond acceptors (Lipinski definition) is 4. The third kappa shape index (κ3) is 3.46. The number of nitriles is 1. The maximum absolute atomic E-state index is 13.1. The summed E-state index contributed by atoms with van der Waals surface area (Å²) < 4.78 is 2.22. The summed E-state index contributed by atoms with van der Waals surface area (Å²) >= 11 is 0. The van der Waals surface area contributed by atoms with Gasteiger partial charge in [-0.05, 0) is 49.6 Å². The van der Waals surface area contributed by atoms with Crippen molar-refractivity contribution in [3.8, 4) is 17.3 Å². The van der Waals surface area contributed by atoms with E-state index in [1.165, 1.54) is 0 Å². The van der Waals surface area contributed by atoms with Gasteiger partial charge in [-0.25, -0.2) is 4.98 Å². The number of rotatable bonds is 4. The zero-order valence-corrected chi connectivity index (χ0v) is 17.2. The van der Waals surface area contributed by atoms with E-state index in [1.54, 1.807) is 24.4 Å². The van der Waals surface area contributed by atoms with E-state index in [4.69, 9.17) is 4.98 Å². The first-order valence-electron chi connectivity index (χ1n) is 10.4. The minimum Gasteiger partial charge on any atom is -0.346 e. The highest BCUT2D eigenvalue weighted by Crippen LogP contribution is 2.29. The van der Waals surface area contributed by atoms with Crippen molar-refractivity contribution in [1.29, 1.82) is 5.26 Å². The molecule has 7 nitrogen and oxygen atoms in total. The molecule has 4 aromatic rings. The monoisotopic (exact) mass is 410 g/mol. The van der Waals surface area contributed by atoms with Gasteiger partial charge in [0.1, 0.15) is 0 Å². The average Bonchev–Trinajstić information content (AvgIpc) is 3.54. The third-order valence-corrected chi connectivity index (χ3v) is 6.07. The molecule has 31 heavy (non-hydrogen) atoms. The molecular formula is C24H22N6O. The molecule has 1 saturated heterocycles. The molecule has 0 radical (unpaired) electrons. The first kappa shape index (κ1) is 19.1. The van der Waals surface area contributed by atoms with Gasteiger partial charge >= 0.3 is 0 Å². The van der Waals surface area contributed by atoms with Crippen LogP contribution in [0.4, 0.5) is 0 Å². The molecule has 7 heteroatoms. The maximum Gasteiger partial charge on any atom is 0.255 e. The Bertz CT molecular complexity index is 1280. The zero-order valence-electron chi connectivity index (χ0n) is 17.2. The van der Waals surface area contributed by atoms with Crippen LogP contribution in [0.15, 0.2) is 61.1 Å². The van der Waals surface area contributed by atoms with Crippen molar-refractivity contribution in [2.45, 2.75) is 25.9 Å². The van der Waals surface area contributed by atoms with Crippen molar-refractivity contribution in [2.75, 3.05) is 6.54 Å². The van der Waals surface area contributed by atoms with Gasteiger partial charge in [-0.15, -0.1) is 0 Å². The van der Waals surface area contributed by atoms with Crippen LogP contribution >= 0.6 is 0 Å². The molecule has 154 valence electrons. The number of hydrogen-bond donors (Lipinski definition) is 1. The average molecular weight is 410 g/mol. The van der Waals surface area contributed by atoms with Crippen molar-refractivity contribution in [1.82, 2.24) is 24.6 Å². The second kappa shape index (κ2) is 7.73. The van der Waals surface area contributed by atoms with Crippen molar-refractivity contribution in [2.24, 2.45) is 5.92 Å². The number of likely N-dealkylation sites (tertiary alicyclic amines) is 1. The van der Waals surface area contributed by atoms with Gasteiger partial charge in [0.25, 0.3) is 5.91 Å². The third-order valence-electron chi connectivity index (χ3n) is 6.07. The van der Waals surface area contributed by atoms with Crippen molar-refractivity contribution < 1.29 is 4.79 Å². The normalized spacial score (nSPS) is 18.4. The summed E-state index contributed by atoms with van der Waals surface area (Å²) in [4.78, 5) is 19.8. The molecule has 1 fully saturated rings. The Morgan fingerprint density at radius 2 is 2.13 bits per heavy atom. The topological polar surface area (TPSA) is 90.6 Å². The molecule has 4 heterocycles. The van der Waals surface area contributed by atoms with E-state index in [1.807, 2.05) is 29.3 Å². The molecule has 3 aromatic heterocycles. The number of nitrogens with zero attached hydrogens (tertiary/aromatic N) is 5. The lowest BCUT2D eigenvalue weighted by molar-refractivity contribution is 0.0742. The standard InChI is InChI=1S/C24H22N6O/c1-16-10-17(15-30(16)24(31)20-5-3-2-4-18(20)11-25)14-29-9-8-22-23(29)7-6-21(28-22)19-12-26-27-13-19/h2-9,12-13,16-17H,10,14-15H2,1H3,(H,26,27)/t16-,17+/m0/s1. The van der Waals surface area contributed by atoms with Crippen LogP contribution in [-0.2, 0) is 6.54 Å². The van der Waals surface area contributed by atoms with E-state index in [0.717, 1.165) is 35.3 Å². The van der Waals surface area contributed by atoms with E-state index in [-0.39, 0.29) is 11.9 Å². The number of carbonyl (C=O) groups is 1. The summed E-state index contributed by atoms with van der Waals surface area (Å²) in [6.45, 7) is 3.59. The molecule has 5 rings (SSSR count). The van der Waals surface area contributed by atoms with Gasteiger partial charge in [0, 0.05) is 37.1 Å². The van der Waals surface area contributed by atoms with Gasteiger partial charge in [0.05, 0.1) is 40.1 Å². The number of fused-ring (bicyclic) bond motifs is 1. The van der Waals surface area contributed by atoms with Crippen LogP contribution in [0.5, 0.6) is 0 Å². The molecule has 0 saturated carbocycles. The molecule has 1 amide bonds. The fourth-order valence-corrected chi connectivity index (χ4v) is 4.54. The van der Waals surface area contributed by atoms with Gasteiger partial charge in [-0.1, -0.05) is 12.1 Å². The lowest BCUT2D eigenvalue weighted by Crippen LogP contribution is -2.34. The molecule has 1 N–H and O–H groups in total. The summed E-state index contributed by atoms with van der Waals surface area (Å²) in [5.41, 5.74) is 4.80. The lowest BCUT2D eigenvalue weighted by Gasteiger charge is -2.22. The fourth-order valence-electron chi connectivity index (χ4n) is 4.54. The van der Waals surface area contributed by atoms with E-state index >= 15 is 0 Å². The molecule has 0 unspecified atom stereocenters. The van der Waals surface area contributed by atoms with Crippen LogP contribution in [0.3, 0.4) is 0 Å². The SMILES string of the molecule is C[C@H]1C[C@H](Cn2ccc3nc(-c4cn[nH]c4)ccc32)CN1C(=O)c1ccccc1C#N. The first-order chi connectivity index (χ1) is 15.1. The molecule has 1 aliphatic heterocycles. The Labute approximate surface area is 179 Å². The highest BCUT2D eigenvalue weighted by Gasteiger charge is 2.33. The van der Waals surface area contributed by atoms with E-state index in [2.05, 4.69) is 40.0 Å². The smallest absolute Gasteiger partial charge is 0.255 e. The minimum atomic E-state index is -0.0593. The Hall–Kier alpha value is -3.92. The van der Waals surface area contributed by atoms with Gasteiger partial charge < -0.3 is 9.47 Å². The molecule has 0 bridgehead atoms. The van der Waals surface area contributed by atoms with Crippen LogP contribution in [-0.4, -0.2) is 43.1 Å². The summed E-state index contributed by atoms with van der Waals surface area (Å²) in [7, 11) is 0. The number of aromatic amines is 1. The highest BCUT2D eigenvalue weighted by molar-refractivity contribution is 5.97. The second-order valence-electron chi connectivity index (χ2n) is 8.12. The Balaban J connectivity index is 1.34. The van der Waals surface area contributed by atoms with Crippen molar-refractivity contribution in [3.63, 3.8) is 0 Å².